The molecule has 1 N–H and O–H groups in total. The summed E-state index contributed by atoms with van der Waals surface area (Å²) >= 11 is 0. The zero-order valence-corrected chi connectivity index (χ0v) is 16.1. The molecule has 1 aliphatic rings. The lowest BCUT2D eigenvalue weighted by Gasteiger charge is -2.29. The number of carbonyl (C=O) groups is 2. The van der Waals surface area contributed by atoms with Gasteiger partial charge >= 0.3 is 6.09 Å². The lowest BCUT2D eigenvalue weighted by molar-refractivity contribution is 0.101. The molecule has 1 aliphatic heterocycles. The highest BCUT2D eigenvalue weighted by molar-refractivity contribution is 5.94. The van der Waals surface area contributed by atoms with E-state index in [1.54, 1.807) is 25.3 Å². The third-order valence-electron chi connectivity index (χ3n) is 5.00. The summed E-state index contributed by atoms with van der Waals surface area (Å²) < 4.78 is 11.2. The molecule has 0 atom stereocenters. The van der Waals surface area contributed by atoms with Crippen LogP contribution in [0.25, 0.3) is 0 Å². The van der Waals surface area contributed by atoms with Gasteiger partial charge in [0.15, 0.2) is 5.78 Å². The van der Waals surface area contributed by atoms with E-state index in [0.29, 0.717) is 30.3 Å². The Morgan fingerprint density at radius 2 is 1.96 bits per heavy atom. The summed E-state index contributed by atoms with van der Waals surface area (Å²) in [7, 11) is 1.56. The first-order valence-electron chi connectivity index (χ1n) is 9.23. The third kappa shape index (κ3) is 4.60. The summed E-state index contributed by atoms with van der Waals surface area (Å²) in [5.41, 5.74) is 2.34. The first kappa shape index (κ1) is 19.7. The Kier molecular flexibility index (Phi) is 6.13. The van der Waals surface area contributed by atoms with Gasteiger partial charge in [-0.05, 0) is 31.9 Å². The smallest absolute Gasteiger partial charge is 0.407 e. The van der Waals surface area contributed by atoms with Gasteiger partial charge in [0.2, 0.25) is 5.88 Å². The van der Waals surface area contributed by atoms with Crippen molar-refractivity contribution in [3.63, 3.8) is 0 Å². The number of hydrogen-bond acceptors (Lipinski definition) is 5. The van der Waals surface area contributed by atoms with Crippen molar-refractivity contribution in [3.8, 4) is 11.6 Å². The van der Waals surface area contributed by atoms with Crippen LogP contribution in [-0.2, 0) is 6.61 Å². The molecule has 0 saturated carbocycles. The fraction of sp³-hybridized carbons (Fsp3) is 0.381. The maximum atomic E-state index is 11.5. The number of carbonyl (C=O) groups excluding carboxylic acids is 1. The van der Waals surface area contributed by atoms with Gasteiger partial charge in [0.05, 0.1) is 7.11 Å². The molecule has 1 amide bonds. The van der Waals surface area contributed by atoms with Crippen LogP contribution < -0.4 is 9.47 Å². The molecule has 2 heterocycles. The largest absolute Gasteiger partial charge is 0.496 e. The number of aromatic nitrogens is 1. The van der Waals surface area contributed by atoms with E-state index in [2.05, 4.69) is 4.98 Å². The lowest BCUT2D eigenvalue weighted by Crippen LogP contribution is -2.36. The highest BCUT2D eigenvalue weighted by Gasteiger charge is 2.24. The molecule has 1 fully saturated rings. The van der Waals surface area contributed by atoms with Gasteiger partial charge in [0, 0.05) is 41.9 Å². The van der Waals surface area contributed by atoms with Crippen molar-refractivity contribution in [2.45, 2.75) is 32.3 Å². The van der Waals surface area contributed by atoms with Crippen molar-refractivity contribution in [1.82, 2.24) is 9.88 Å². The molecule has 3 rings (SSSR count). The van der Waals surface area contributed by atoms with Crippen molar-refractivity contribution in [2.75, 3.05) is 20.2 Å². The molecular weight excluding hydrogens is 360 g/mol. The molecule has 1 aromatic carbocycles. The van der Waals surface area contributed by atoms with Crippen molar-refractivity contribution in [3.05, 3.63) is 53.2 Å². The normalized spacial score (nSPS) is 14.6. The van der Waals surface area contributed by atoms with Crippen molar-refractivity contribution >= 4 is 11.9 Å². The molecule has 2 aromatic rings. The minimum Gasteiger partial charge on any atom is -0.496 e. The molecule has 0 spiro atoms. The highest BCUT2D eigenvalue weighted by atomic mass is 16.5. The van der Waals surface area contributed by atoms with Crippen LogP contribution >= 0.6 is 0 Å². The number of ether oxygens (including phenoxy) is 2. The summed E-state index contributed by atoms with van der Waals surface area (Å²) in [6.45, 7) is 2.83. The van der Waals surface area contributed by atoms with Crippen LogP contribution in [-0.4, -0.2) is 47.1 Å². The number of methoxy groups -OCH3 is 1. The first-order valence-corrected chi connectivity index (χ1v) is 9.23. The van der Waals surface area contributed by atoms with Gasteiger partial charge in [-0.15, -0.1) is 0 Å². The molecule has 1 saturated heterocycles. The number of pyridine rings is 1. The zero-order valence-electron chi connectivity index (χ0n) is 16.1. The third-order valence-corrected chi connectivity index (χ3v) is 5.00. The van der Waals surface area contributed by atoms with Crippen LogP contribution in [0.15, 0.2) is 36.4 Å². The van der Waals surface area contributed by atoms with Crippen molar-refractivity contribution < 1.29 is 24.2 Å². The minimum atomic E-state index is -0.867. The molecule has 28 heavy (non-hydrogen) atoms. The van der Waals surface area contributed by atoms with E-state index in [1.807, 2.05) is 18.2 Å². The summed E-state index contributed by atoms with van der Waals surface area (Å²) in [6, 6.07) is 10.9. The summed E-state index contributed by atoms with van der Waals surface area (Å²) in [6.07, 6.45) is 0.639. The number of hydrogen-bond donors (Lipinski definition) is 1. The first-order chi connectivity index (χ1) is 13.5. The second kappa shape index (κ2) is 8.73. The second-order valence-electron chi connectivity index (χ2n) is 6.82. The molecule has 7 heteroatoms. The van der Waals surface area contributed by atoms with E-state index in [4.69, 9.17) is 14.6 Å². The Bertz CT molecular complexity index is 860. The Labute approximate surface area is 163 Å². The van der Waals surface area contributed by atoms with Gasteiger partial charge in [-0.25, -0.2) is 9.78 Å². The standard InChI is InChI=1S/C21H24N2O5/c1-14(24)16-6-7-17(19(12-16)27-2)13-28-20-5-3-4-18(22-20)15-8-10-23(11-9-15)21(25)26/h3-7,12,15H,8-11,13H2,1-2H3,(H,25,26). The molecule has 7 nitrogen and oxygen atoms in total. The molecule has 1 aromatic heterocycles. The van der Waals surface area contributed by atoms with E-state index in [-0.39, 0.29) is 18.3 Å². The van der Waals surface area contributed by atoms with Gasteiger partial charge in [-0.3, -0.25) is 4.79 Å². The topological polar surface area (TPSA) is 89.0 Å². The van der Waals surface area contributed by atoms with Gasteiger partial charge in [0.25, 0.3) is 0 Å². The molecule has 0 aliphatic carbocycles. The summed E-state index contributed by atoms with van der Waals surface area (Å²) in [5, 5.41) is 9.07. The fourth-order valence-electron chi connectivity index (χ4n) is 3.34. The van der Waals surface area contributed by atoms with Gasteiger partial charge in [-0.2, -0.15) is 0 Å². The monoisotopic (exact) mass is 384 g/mol. The Hall–Kier alpha value is -3.09. The molecule has 0 radical (unpaired) electrons. The highest BCUT2D eigenvalue weighted by Crippen LogP contribution is 2.28. The minimum absolute atomic E-state index is 0.0194. The SMILES string of the molecule is COc1cc(C(C)=O)ccc1COc1cccc(C2CCN(C(=O)O)CC2)n1. The van der Waals surface area contributed by atoms with E-state index in [0.717, 1.165) is 24.1 Å². The predicted octanol–water partition coefficient (Wildman–Crippen LogP) is 3.73. The maximum absolute atomic E-state index is 11.5. The number of likely N-dealkylation sites (tertiary alicyclic amines) is 1. The molecule has 0 unspecified atom stereocenters. The maximum Gasteiger partial charge on any atom is 0.407 e. The zero-order chi connectivity index (χ0) is 20.1. The number of Topliss-reactive ketones (excluding diaryl/α,β-unsaturated/α-hetero) is 1. The van der Waals surface area contributed by atoms with E-state index >= 15 is 0 Å². The second-order valence-corrected chi connectivity index (χ2v) is 6.82. The van der Waals surface area contributed by atoms with Crippen LogP contribution in [0.3, 0.4) is 0 Å². The van der Waals surface area contributed by atoms with Crippen LogP contribution in [0.1, 0.15) is 47.3 Å². The molecular formula is C21H24N2O5. The van der Waals surface area contributed by atoms with Gasteiger partial charge in [-0.1, -0.05) is 18.2 Å². The number of rotatable bonds is 6. The Morgan fingerprint density at radius 3 is 2.61 bits per heavy atom. The number of piperidine rings is 1. The number of carboxylic acid groups (broad SMARTS) is 1. The van der Waals surface area contributed by atoms with Crippen LogP contribution in [0.5, 0.6) is 11.6 Å². The number of ketones is 1. The predicted molar refractivity (Wildman–Crippen MR) is 103 cm³/mol. The Morgan fingerprint density at radius 1 is 1.21 bits per heavy atom. The van der Waals surface area contributed by atoms with Crippen LogP contribution in [0.4, 0.5) is 4.79 Å². The summed E-state index contributed by atoms with van der Waals surface area (Å²) in [5.74, 6) is 1.32. The number of amides is 1. The molecule has 148 valence electrons. The quantitative estimate of drug-likeness (QED) is 0.764. The number of benzene rings is 1. The van der Waals surface area contributed by atoms with E-state index in [9.17, 15) is 9.59 Å². The average molecular weight is 384 g/mol. The van der Waals surface area contributed by atoms with Crippen LogP contribution in [0.2, 0.25) is 0 Å². The van der Waals surface area contributed by atoms with E-state index < -0.39 is 6.09 Å². The van der Waals surface area contributed by atoms with Gasteiger partial charge < -0.3 is 19.5 Å². The van der Waals surface area contributed by atoms with Crippen LogP contribution in [0, 0.1) is 0 Å². The van der Waals surface area contributed by atoms with Crippen molar-refractivity contribution in [1.29, 1.82) is 0 Å². The fourth-order valence-corrected chi connectivity index (χ4v) is 3.34. The lowest BCUT2D eigenvalue weighted by atomic mass is 9.93. The Balaban J connectivity index is 1.66. The van der Waals surface area contributed by atoms with Gasteiger partial charge in [0.1, 0.15) is 12.4 Å². The molecule has 0 bridgehead atoms. The van der Waals surface area contributed by atoms with Crippen molar-refractivity contribution in [2.24, 2.45) is 0 Å². The summed E-state index contributed by atoms with van der Waals surface area (Å²) in [4.78, 5) is 28.6. The van der Waals surface area contributed by atoms with E-state index in [1.165, 1.54) is 11.8 Å². The number of nitrogens with zero attached hydrogens (tertiary/aromatic N) is 2. The average Bonchev–Trinajstić information content (AvgIpc) is 2.72.